The molecule has 0 atom stereocenters. The Morgan fingerprint density at radius 3 is 0.500 bits per heavy atom. The summed E-state index contributed by atoms with van der Waals surface area (Å²) in [4.78, 5) is 0. The van der Waals surface area contributed by atoms with Crippen molar-refractivity contribution in [3.63, 3.8) is 0 Å². The molecule has 0 aliphatic rings. The summed E-state index contributed by atoms with van der Waals surface area (Å²) in [5, 5.41) is 0. The predicted octanol–water partition coefficient (Wildman–Crippen LogP) is -9.39. The van der Waals surface area contributed by atoms with Crippen LogP contribution in [0.25, 0.3) is 0 Å². The van der Waals surface area contributed by atoms with Gasteiger partial charge in [-0.15, -0.1) is 0 Å². The Labute approximate surface area is 114 Å². The van der Waals surface area contributed by atoms with Crippen molar-refractivity contribution in [1.82, 2.24) is 0 Å². The summed E-state index contributed by atoms with van der Waals surface area (Å²) >= 11 is -11.4. The molecule has 0 aromatic carbocycles. The van der Waals surface area contributed by atoms with Crippen molar-refractivity contribution in [2.24, 2.45) is 0 Å². The second-order valence-electron chi connectivity index (χ2n) is 0.612. The molecule has 0 N–H and O–H groups in total. The van der Waals surface area contributed by atoms with Gasteiger partial charge in [-0.2, -0.15) is 0 Å². The first-order valence-corrected chi connectivity index (χ1v) is 7.79. The van der Waals surface area contributed by atoms with Gasteiger partial charge in [0.2, 0.25) is 0 Å². The van der Waals surface area contributed by atoms with E-state index in [9.17, 15) is 0 Å². The molecule has 0 heterocycles. The van der Waals surface area contributed by atoms with Gasteiger partial charge < -0.3 is 0 Å². The maximum atomic E-state index is 8.54. The average molecular weight is 435 g/mol. The average Bonchev–Trinajstić information content (AvgIpc) is 1.54. The van der Waals surface area contributed by atoms with Crippen LogP contribution in [0.5, 0.6) is 0 Å². The molecule has 0 aliphatic carbocycles. The van der Waals surface area contributed by atoms with Crippen molar-refractivity contribution in [2.45, 2.75) is 0 Å². The zero-order valence-electron chi connectivity index (χ0n) is 6.05. The summed E-state index contributed by atoms with van der Waals surface area (Å²) in [6.45, 7) is 0. The molecule has 0 fully saturated rings. The van der Waals surface area contributed by atoms with E-state index in [1.165, 1.54) is 0 Å². The summed E-state index contributed by atoms with van der Waals surface area (Å²) in [7, 11) is 0. The van der Waals surface area contributed by atoms with Crippen molar-refractivity contribution < 1.29 is 36.6 Å². The molecule has 14 heavy (non-hydrogen) atoms. The molecule has 0 spiro atoms. The van der Waals surface area contributed by atoms with E-state index in [0.29, 0.717) is 0 Å². The van der Waals surface area contributed by atoms with Crippen LogP contribution in [-0.4, -0.2) is 78.2 Å². The van der Waals surface area contributed by atoms with Crippen LogP contribution in [0, 0.1) is 0 Å². The maximum Gasteiger partial charge on any atom is 3.00 e. The molecule has 0 rings (SSSR count). The van der Waals surface area contributed by atoms with Gasteiger partial charge in [0.1, 0.15) is 0 Å². The predicted molar refractivity (Wildman–Crippen MR) is 30.8 cm³/mol. The van der Waals surface area contributed by atoms with E-state index in [-0.39, 0.29) is 34.7 Å². The third-order valence-electron chi connectivity index (χ3n) is 0. The van der Waals surface area contributed by atoms with Crippen LogP contribution < -0.4 is 25.1 Å². The zero-order valence-corrected chi connectivity index (χ0v) is 13.5. The Hall–Kier alpha value is 1.78. The molecule has 14 heteroatoms. The topological polar surface area (TPSA) is 190 Å². The molecule has 0 aromatic rings. The van der Waals surface area contributed by atoms with Gasteiger partial charge in [-0.3, -0.25) is 0 Å². The minimum absolute atomic E-state index is 0. The molecule has 0 saturated heterocycles. The van der Waals surface area contributed by atoms with Gasteiger partial charge in [0.25, 0.3) is 0 Å². The van der Waals surface area contributed by atoms with Gasteiger partial charge in [-0.25, -0.2) is 0 Å². The van der Waals surface area contributed by atoms with Gasteiger partial charge in [0.15, 0.2) is 0 Å². The monoisotopic (exact) mass is 438 g/mol. The smallest absolute Gasteiger partial charge is 3.00 e. The van der Waals surface area contributed by atoms with E-state index in [1.54, 1.807) is 0 Å². The fraction of sp³-hybridized carbons (Fsp3) is 0. The normalized spacial score (nSPS) is 7.50. The van der Waals surface area contributed by atoms with E-state index < -0.39 is 43.5 Å². The molecule has 0 bridgehead atoms. The molecule has 0 radical (unpaired) electrons. The Balaban J connectivity index is -0.0000000270. The van der Waals surface area contributed by atoms with E-state index in [1.807, 2.05) is 0 Å². The summed E-state index contributed by atoms with van der Waals surface area (Å²) < 4.78 is 76.9. The molecule has 0 unspecified atom stereocenters. The largest absolute Gasteiger partial charge is 3.00 e. The van der Waals surface area contributed by atoms with Crippen LogP contribution in [0.15, 0.2) is 0 Å². The van der Waals surface area contributed by atoms with Crippen LogP contribution in [0.1, 0.15) is 0 Å². The van der Waals surface area contributed by atoms with Gasteiger partial charge in [-0.1, -0.05) is 0 Å². The number of hydrogen-bond donors (Lipinski definition) is 0. The first kappa shape index (κ1) is 29.7. The summed E-state index contributed by atoms with van der Waals surface area (Å²) in [6.07, 6.45) is 0. The summed E-state index contributed by atoms with van der Waals surface area (Å²) in [5.41, 5.74) is 0. The van der Waals surface area contributed by atoms with E-state index in [4.69, 9.17) is 36.6 Å². The maximum absolute atomic E-state index is 8.54. The van der Waals surface area contributed by atoms with Crippen molar-refractivity contribution in [3.05, 3.63) is 0 Å². The van der Waals surface area contributed by atoms with Crippen molar-refractivity contribution in [2.75, 3.05) is 0 Å². The Bertz CT molecular complexity index is 116. The molecule has 0 aromatic heterocycles. The molecule has 78 valence electrons. The summed E-state index contributed by atoms with van der Waals surface area (Å²) in [5.74, 6) is 0. The third kappa shape index (κ3) is 708. The minimum Gasteiger partial charge on any atom is 3.00 e. The molecular weight excluding hydrogens is 435 g/mol. The van der Waals surface area contributed by atoms with Gasteiger partial charge in [-0.05, 0) is 0 Å². The minimum atomic E-state index is -3.79. The fourth-order valence-electron chi connectivity index (χ4n) is 0. The van der Waals surface area contributed by atoms with Crippen LogP contribution >= 0.6 is 0 Å². The standard InChI is InChI=1S/2Al.3H2O3Se/c;;3*1-4(2)3/h;;3*(H2,1,2,3)/q2*+3;;;/p-6. The second-order valence-corrected chi connectivity index (χ2v) is 3.18. The second kappa shape index (κ2) is 24.2. The van der Waals surface area contributed by atoms with Gasteiger partial charge in [0, 0.05) is 0 Å². The van der Waals surface area contributed by atoms with Gasteiger partial charge >= 0.3 is 115 Å². The van der Waals surface area contributed by atoms with E-state index >= 15 is 0 Å². The van der Waals surface area contributed by atoms with E-state index in [0.717, 1.165) is 0 Å². The first-order valence-electron chi connectivity index (χ1n) is 1.50. The molecule has 0 amide bonds. The molecule has 9 nitrogen and oxygen atoms in total. The Morgan fingerprint density at radius 1 is 0.500 bits per heavy atom. The Kier molecular flexibility index (Phi) is 51.2. The number of hydrogen-bond acceptors (Lipinski definition) is 9. The first-order chi connectivity index (χ1) is 5.20. The van der Waals surface area contributed by atoms with E-state index in [2.05, 4.69) is 0 Å². The fourth-order valence-corrected chi connectivity index (χ4v) is 0. The molecular formula is Al2O9Se3. The van der Waals surface area contributed by atoms with Crippen LogP contribution in [0.4, 0.5) is 0 Å². The van der Waals surface area contributed by atoms with Crippen LogP contribution in [0.3, 0.4) is 0 Å². The molecule has 0 saturated carbocycles. The number of rotatable bonds is 0. The quantitative estimate of drug-likeness (QED) is 0.333. The van der Waals surface area contributed by atoms with Gasteiger partial charge in [0.05, 0.1) is 0 Å². The third-order valence-corrected chi connectivity index (χ3v) is 0. The van der Waals surface area contributed by atoms with Crippen LogP contribution in [-0.2, 0) is 11.5 Å². The summed E-state index contributed by atoms with van der Waals surface area (Å²) in [6, 6.07) is 0. The zero-order chi connectivity index (χ0) is 10.7. The van der Waals surface area contributed by atoms with Crippen molar-refractivity contribution in [3.8, 4) is 0 Å². The molecule has 0 aliphatic heterocycles. The van der Waals surface area contributed by atoms with Crippen molar-refractivity contribution in [1.29, 1.82) is 0 Å². The Morgan fingerprint density at radius 2 is 0.500 bits per heavy atom. The van der Waals surface area contributed by atoms with Crippen LogP contribution in [0.2, 0.25) is 0 Å². The van der Waals surface area contributed by atoms with Crippen molar-refractivity contribution >= 4 is 78.2 Å². The SMILES string of the molecule is O=[Se]([O-])[O-].O=[Se]([O-])[O-].O=[Se]([O-])[O-].[Al+3].[Al+3].